The third-order valence-electron chi connectivity index (χ3n) is 4.22. The van der Waals surface area contributed by atoms with Crippen LogP contribution in [-0.2, 0) is 4.74 Å². The van der Waals surface area contributed by atoms with Crippen molar-refractivity contribution < 1.29 is 27.4 Å². The smallest absolute Gasteiger partial charge is 0.406 e. The van der Waals surface area contributed by atoms with Gasteiger partial charge in [-0.1, -0.05) is 6.07 Å². The highest BCUT2D eigenvalue weighted by molar-refractivity contribution is 6.06. The van der Waals surface area contributed by atoms with E-state index in [1.165, 1.54) is 24.3 Å². The zero-order valence-electron chi connectivity index (χ0n) is 17.7. The maximum atomic E-state index is 12.4. The molecule has 0 fully saturated rings. The molecule has 2 aromatic carbocycles. The van der Waals surface area contributed by atoms with Crippen molar-refractivity contribution in [3.8, 4) is 5.75 Å². The van der Waals surface area contributed by atoms with Gasteiger partial charge in [-0.3, -0.25) is 9.79 Å². The van der Waals surface area contributed by atoms with Gasteiger partial charge in [0.25, 0.3) is 5.91 Å². The van der Waals surface area contributed by atoms with E-state index in [0.29, 0.717) is 36.7 Å². The number of nitrogens with zero attached hydrogens (tertiary/aromatic N) is 1. The molecule has 0 saturated carbocycles. The molecule has 2 N–H and O–H groups in total. The van der Waals surface area contributed by atoms with Crippen molar-refractivity contribution in [2.24, 2.45) is 4.99 Å². The van der Waals surface area contributed by atoms with Crippen molar-refractivity contribution in [3.63, 3.8) is 0 Å². The molecule has 0 unspecified atom stereocenters. The van der Waals surface area contributed by atoms with Gasteiger partial charge in [-0.25, -0.2) is 0 Å². The van der Waals surface area contributed by atoms with Gasteiger partial charge in [0.15, 0.2) is 0 Å². The fourth-order valence-corrected chi connectivity index (χ4v) is 2.83. The first-order valence-corrected chi connectivity index (χ1v) is 9.80. The summed E-state index contributed by atoms with van der Waals surface area (Å²) in [6.45, 7) is 5.46. The van der Waals surface area contributed by atoms with Crippen molar-refractivity contribution in [2.45, 2.75) is 26.6 Å². The van der Waals surface area contributed by atoms with Crippen LogP contribution in [0, 0.1) is 0 Å². The molecule has 2 rings (SSSR count). The van der Waals surface area contributed by atoms with Crippen LogP contribution in [-0.4, -0.2) is 44.8 Å². The normalized spacial score (nSPS) is 11.9. The number of carbonyl (C=O) groups excluding carboxylic acids is 1. The summed E-state index contributed by atoms with van der Waals surface area (Å²) in [5.41, 5.74) is 3.17. The second-order valence-electron chi connectivity index (χ2n) is 6.63. The number of ether oxygens (including phenoxy) is 2. The van der Waals surface area contributed by atoms with E-state index >= 15 is 0 Å². The molecule has 0 heterocycles. The Morgan fingerprint density at radius 1 is 1.13 bits per heavy atom. The first-order valence-electron chi connectivity index (χ1n) is 9.80. The van der Waals surface area contributed by atoms with Crippen LogP contribution in [0.4, 0.5) is 24.5 Å². The van der Waals surface area contributed by atoms with Gasteiger partial charge < -0.3 is 20.1 Å². The minimum Gasteiger partial charge on any atom is -0.406 e. The lowest BCUT2D eigenvalue weighted by atomic mass is 10.0. The summed E-state index contributed by atoms with van der Waals surface area (Å²) in [6, 6.07) is 10.6. The first kappa shape index (κ1) is 24.2. The number of benzene rings is 2. The SMILES string of the molecule is CCNc1cc(C(=O)NCCCOC)ccc1C(C)=Nc1ccc(OC(F)(F)F)cc1. The van der Waals surface area contributed by atoms with Crippen molar-refractivity contribution in [2.75, 3.05) is 32.1 Å². The molecule has 1 amide bonds. The highest BCUT2D eigenvalue weighted by atomic mass is 19.4. The molecule has 0 aliphatic heterocycles. The quantitative estimate of drug-likeness (QED) is 0.409. The number of hydrogen-bond acceptors (Lipinski definition) is 5. The summed E-state index contributed by atoms with van der Waals surface area (Å²) in [7, 11) is 1.61. The lowest BCUT2D eigenvalue weighted by Crippen LogP contribution is -2.25. The standard InChI is InChI=1S/C22H26F3N3O3/c1-4-26-20-14-16(21(29)27-12-5-13-30-3)6-11-19(20)15(2)28-17-7-9-18(10-8-17)31-22(23,24)25/h6-11,14,26H,4-5,12-13H2,1-3H3,(H,27,29). The molecular weight excluding hydrogens is 411 g/mol. The van der Waals surface area contributed by atoms with Gasteiger partial charge in [0, 0.05) is 49.3 Å². The predicted molar refractivity (Wildman–Crippen MR) is 114 cm³/mol. The average molecular weight is 437 g/mol. The van der Waals surface area contributed by atoms with E-state index in [2.05, 4.69) is 20.4 Å². The molecule has 0 atom stereocenters. The zero-order valence-corrected chi connectivity index (χ0v) is 17.7. The number of rotatable bonds is 10. The second kappa shape index (κ2) is 11.4. The number of methoxy groups -OCH3 is 1. The van der Waals surface area contributed by atoms with Crippen molar-refractivity contribution >= 4 is 23.0 Å². The molecule has 0 bridgehead atoms. The van der Waals surface area contributed by atoms with Crippen molar-refractivity contribution in [1.29, 1.82) is 0 Å². The van der Waals surface area contributed by atoms with Gasteiger partial charge in [-0.2, -0.15) is 0 Å². The Hall–Kier alpha value is -3.07. The number of alkyl halides is 3. The number of amides is 1. The largest absolute Gasteiger partial charge is 0.573 e. The number of nitrogens with one attached hydrogen (secondary N) is 2. The predicted octanol–water partition coefficient (Wildman–Crippen LogP) is 4.92. The van der Waals surface area contributed by atoms with E-state index in [4.69, 9.17) is 4.74 Å². The van der Waals surface area contributed by atoms with Crippen LogP contribution in [0.15, 0.2) is 47.5 Å². The Morgan fingerprint density at radius 2 is 1.84 bits per heavy atom. The maximum Gasteiger partial charge on any atom is 0.573 e. The second-order valence-corrected chi connectivity index (χ2v) is 6.63. The minimum atomic E-state index is -4.74. The van der Waals surface area contributed by atoms with E-state index in [0.717, 1.165) is 17.7 Å². The average Bonchev–Trinajstić information content (AvgIpc) is 2.71. The number of anilines is 1. The molecule has 0 radical (unpaired) electrons. The Morgan fingerprint density at radius 3 is 2.45 bits per heavy atom. The number of hydrogen-bond donors (Lipinski definition) is 2. The Kier molecular flexibility index (Phi) is 8.87. The van der Waals surface area contributed by atoms with Crippen LogP contribution in [0.25, 0.3) is 0 Å². The molecule has 0 saturated heterocycles. The van der Waals surface area contributed by atoms with Crippen molar-refractivity contribution in [1.82, 2.24) is 5.32 Å². The van der Waals surface area contributed by atoms with Crippen molar-refractivity contribution in [3.05, 3.63) is 53.6 Å². The van der Waals surface area contributed by atoms with Crippen LogP contribution in [0.5, 0.6) is 5.75 Å². The van der Waals surface area contributed by atoms with Crippen LogP contribution < -0.4 is 15.4 Å². The van der Waals surface area contributed by atoms with E-state index in [-0.39, 0.29) is 11.7 Å². The fraction of sp³-hybridized carbons (Fsp3) is 0.364. The first-order chi connectivity index (χ1) is 14.7. The Bertz CT molecular complexity index is 897. The van der Waals surface area contributed by atoms with Crippen LogP contribution in [0.1, 0.15) is 36.2 Å². The Balaban J connectivity index is 2.19. The summed E-state index contributed by atoms with van der Waals surface area (Å²) in [5.74, 6) is -0.491. The Labute approximate surface area is 179 Å². The summed E-state index contributed by atoms with van der Waals surface area (Å²) < 4.78 is 45.7. The molecular formula is C22H26F3N3O3. The monoisotopic (exact) mass is 437 g/mol. The molecule has 0 aliphatic rings. The van der Waals surface area contributed by atoms with Gasteiger partial charge >= 0.3 is 6.36 Å². The molecule has 168 valence electrons. The molecule has 6 nitrogen and oxygen atoms in total. The van der Waals surface area contributed by atoms with Crippen LogP contribution >= 0.6 is 0 Å². The molecule has 2 aromatic rings. The lowest BCUT2D eigenvalue weighted by Gasteiger charge is -2.13. The molecule has 0 spiro atoms. The summed E-state index contributed by atoms with van der Waals surface area (Å²) in [4.78, 5) is 16.8. The molecule has 0 aliphatic carbocycles. The summed E-state index contributed by atoms with van der Waals surface area (Å²) in [5, 5.41) is 6.07. The van der Waals surface area contributed by atoms with Gasteiger partial charge in [0.1, 0.15) is 5.75 Å². The van der Waals surface area contributed by atoms with Gasteiger partial charge in [0.05, 0.1) is 5.69 Å². The van der Waals surface area contributed by atoms with Gasteiger partial charge in [0.2, 0.25) is 0 Å². The zero-order chi connectivity index (χ0) is 22.9. The third kappa shape index (κ3) is 7.93. The lowest BCUT2D eigenvalue weighted by molar-refractivity contribution is -0.274. The number of carbonyl (C=O) groups is 1. The molecule has 0 aromatic heterocycles. The van der Waals surface area contributed by atoms with E-state index in [1.54, 1.807) is 32.2 Å². The topological polar surface area (TPSA) is 72.0 Å². The summed E-state index contributed by atoms with van der Waals surface area (Å²) >= 11 is 0. The molecule has 31 heavy (non-hydrogen) atoms. The highest BCUT2D eigenvalue weighted by Crippen LogP contribution is 2.26. The van der Waals surface area contributed by atoms with Crippen LogP contribution in [0.3, 0.4) is 0 Å². The third-order valence-corrected chi connectivity index (χ3v) is 4.22. The summed E-state index contributed by atoms with van der Waals surface area (Å²) in [6.07, 6.45) is -4.02. The van der Waals surface area contributed by atoms with Gasteiger partial charge in [-0.15, -0.1) is 13.2 Å². The minimum absolute atomic E-state index is 0.184. The maximum absolute atomic E-state index is 12.4. The molecule has 9 heteroatoms. The number of aliphatic imine (C=N–C) groups is 1. The van der Waals surface area contributed by atoms with E-state index in [9.17, 15) is 18.0 Å². The number of halogens is 3. The van der Waals surface area contributed by atoms with Gasteiger partial charge in [-0.05, 0) is 56.7 Å². The van der Waals surface area contributed by atoms with E-state index in [1.807, 2.05) is 6.92 Å². The van der Waals surface area contributed by atoms with E-state index < -0.39 is 6.36 Å². The van der Waals surface area contributed by atoms with Crippen LogP contribution in [0.2, 0.25) is 0 Å². The fourth-order valence-electron chi connectivity index (χ4n) is 2.83. The highest BCUT2D eigenvalue weighted by Gasteiger charge is 2.30.